The average molecular weight is 228 g/mol. The van der Waals surface area contributed by atoms with Crippen molar-refractivity contribution in [3.63, 3.8) is 0 Å². The number of halogens is 1. The molecule has 0 aliphatic rings. The quantitative estimate of drug-likeness (QED) is 0.845. The van der Waals surface area contributed by atoms with Crippen molar-refractivity contribution in [2.24, 2.45) is 5.73 Å². The third-order valence-corrected chi connectivity index (χ3v) is 2.46. The van der Waals surface area contributed by atoms with Crippen LogP contribution in [-0.2, 0) is 6.42 Å². The minimum absolute atomic E-state index is 0.297. The lowest BCUT2D eigenvalue weighted by atomic mass is 10.1. The molecule has 1 aromatic rings. The summed E-state index contributed by atoms with van der Waals surface area (Å²) in [5, 5.41) is 0. The minimum Gasteiger partial charge on any atom is -0.327 e. The van der Waals surface area contributed by atoms with Crippen molar-refractivity contribution in [1.82, 2.24) is 0 Å². The number of benzene rings is 1. The summed E-state index contributed by atoms with van der Waals surface area (Å²) in [6.45, 7) is 2.11. The lowest BCUT2D eigenvalue weighted by Crippen LogP contribution is -2.21. The predicted octanol–water partition coefficient (Wildman–Crippen LogP) is 2.73. The van der Waals surface area contributed by atoms with Gasteiger partial charge in [0, 0.05) is 10.5 Å². The van der Waals surface area contributed by atoms with Gasteiger partial charge in [0.2, 0.25) is 0 Å². The Morgan fingerprint density at radius 3 is 2.42 bits per heavy atom. The van der Waals surface area contributed by atoms with E-state index in [4.69, 9.17) is 5.73 Å². The lowest BCUT2D eigenvalue weighted by Gasteiger charge is -2.07. The summed E-state index contributed by atoms with van der Waals surface area (Å²) < 4.78 is 1.12. The predicted molar refractivity (Wildman–Crippen MR) is 56.1 cm³/mol. The Morgan fingerprint density at radius 1 is 1.33 bits per heavy atom. The van der Waals surface area contributed by atoms with Crippen molar-refractivity contribution in [3.8, 4) is 0 Å². The van der Waals surface area contributed by atoms with E-state index in [1.807, 2.05) is 0 Å². The Morgan fingerprint density at radius 2 is 1.92 bits per heavy atom. The Bertz CT molecular complexity index is 230. The zero-order valence-electron chi connectivity index (χ0n) is 7.26. The standard InChI is InChI=1S/C10H14BrN/c1-2-10(12)7-8-3-5-9(11)6-4-8/h3-6,10H,2,7,12H2,1H3/t10-/m1/s1. The zero-order valence-corrected chi connectivity index (χ0v) is 8.84. The van der Waals surface area contributed by atoms with E-state index >= 15 is 0 Å². The molecule has 2 N–H and O–H groups in total. The van der Waals surface area contributed by atoms with Gasteiger partial charge in [-0.25, -0.2) is 0 Å². The van der Waals surface area contributed by atoms with Crippen molar-refractivity contribution < 1.29 is 0 Å². The summed E-state index contributed by atoms with van der Waals surface area (Å²) in [5.74, 6) is 0. The minimum atomic E-state index is 0.297. The van der Waals surface area contributed by atoms with Gasteiger partial charge in [-0.2, -0.15) is 0 Å². The molecule has 66 valence electrons. The second-order valence-corrected chi connectivity index (χ2v) is 3.91. The van der Waals surface area contributed by atoms with Gasteiger partial charge < -0.3 is 5.73 Å². The fraction of sp³-hybridized carbons (Fsp3) is 0.400. The first-order chi connectivity index (χ1) is 5.72. The molecule has 0 fully saturated rings. The molecule has 0 bridgehead atoms. The molecule has 12 heavy (non-hydrogen) atoms. The first kappa shape index (κ1) is 9.75. The molecule has 0 amide bonds. The number of rotatable bonds is 3. The maximum Gasteiger partial charge on any atom is 0.0175 e. The van der Waals surface area contributed by atoms with E-state index in [9.17, 15) is 0 Å². The van der Waals surface area contributed by atoms with Crippen LogP contribution in [0.5, 0.6) is 0 Å². The highest BCUT2D eigenvalue weighted by Gasteiger charge is 2.00. The van der Waals surface area contributed by atoms with Gasteiger partial charge in [0.1, 0.15) is 0 Å². The normalized spacial score (nSPS) is 12.9. The van der Waals surface area contributed by atoms with E-state index < -0.39 is 0 Å². The molecule has 1 atom stereocenters. The van der Waals surface area contributed by atoms with Crippen LogP contribution in [0.1, 0.15) is 18.9 Å². The van der Waals surface area contributed by atoms with Crippen LogP contribution in [0, 0.1) is 0 Å². The topological polar surface area (TPSA) is 26.0 Å². The van der Waals surface area contributed by atoms with Gasteiger partial charge in [0.05, 0.1) is 0 Å². The summed E-state index contributed by atoms with van der Waals surface area (Å²) in [6, 6.07) is 8.63. The highest BCUT2D eigenvalue weighted by Crippen LogP contribution is 2.11. The van der Waals surface area contributed by atoms with Crippen molar-refractivity contribution in [1.29, 1.82) is 0 Å². The fourth-order valence-corrected chi connectivity index (χ4v) is 1.33. The molecule has 0 heterocycles. The molecule has 0 radical (unpaired) electrons. The largest absolute Gasteiger partial charge is 0.327 e. The van der Waals surface area contributed by atoms with Crippen LogP contribution in [-0.4, -0.2) is 6.04 Å². The van der Waals surface area contributed by atoms with Crippen LogP contribution >= 0.6 is 15.9 Å². The summed E-state index contributed by atoms with van der Waals surface area (Å²) in [4.78, 5) is 0. The molecule has 0 aromatic heterocycles. The van der Waals surface area contributed by atoms with E-state index in [0.717, 1.165) is 17.3 Å². The Balaban J connectivity index is 2.58. The number of hydrogen-bond donors (Lipinski definition) is 1. The van der Waals surface area contributed by atoms with E-state index in [-0.39, 0.29) is 0 Å². The van der Waals surface area contributed by atoms with Gasteiger partial charge in [-0.3, -0.25) is 0 Å². The maximum atomic E-state index is 5.83. The van der Waals surface area contributed by atoms with Gasteiger partial charge in [0.15, 0.2) is 0 Å². The molecule has 0 spiro atoms. The van der Waals surface area contributed by atoms with Crippen LogP contribution in [0.25, 0.3) is 0 Å². The molecule has 0 aliphatic heterocycles. The molecule has 0 unspecified atom stereocenters. The third kappa shape index (κ3) is 2.95. The van der Waals surface area contributed by atoms with Gasteiger partial charge in [-0.05, 0) is 30.5 Å². The summed E-state index contributed by atoms with van der Waals surface area (Å²) in [6.07, 6.45) is 2.01. The molecule has 1 aromatic carbocycles. The average Bonchev–Trinajstić information content (AvgIpc) is 2.09. The summed E-state index contributed by atoms with van der Waals surface area (Å²) in [5.41, 5.74) is 7.14. The van der Waals surface area contributed by atoms with Crippen LogP contribution in [0.4, 0.5) is 0 Å². The Hall–Kier alpha value is -0.340. The van der Waals surface area contributed by atoms with Gasteiger partial charge >= 0.3 is 0 Å². The highest BCUT2D eigenvalue weighted by molar-refractivity contribution is 9.10. The van der Waals surface area contributed by atoms with Crippen LogP contribution in [0.2, 0.25) is 0 Å². The molecule has 0 saturated carbocycles. The smallest absolute Gasteiger partial charge is 0.0175 e. The monoisotopic (exact) mass is 227 g/mol. The van der Waals surface area contributed by atoms with Crippen LogP contribution in [0.3, 0.4) is 0 Å². The second-order valence-electron chi connectivity index (χ2n) is 3.00. The molecule has 0 saturated heterocycles. The second kappa shape index (κ2) is 4.63. The molecule has 1 rings (SSSR count). The molecule has 0 aliphatic carbocycles. The maximum absolute atomic E-state index is 5.83. The lowest BCUT2D eigenvalue weighted by molar-refractivity contribution is 0.646. The first-order valence-electron chi connectivity index (χ1n) is 4.22. The molecular formula is C10H14BrN. The fourth-order valence-electron chi connectivity index (χ4n) is 1.07. The summed E-state index contributed by atoms with van der Waals surface area (Å²) in [7, 11) is 0. The van der Waals surface area contributed by atoms with E-state index in [0.29, 0.717) is 6.04 Å². The first-order valence-corrected chi connectivity index (χ1v) is 5.01. The van der Waals surface area contributed by atoms with Crippen LogP contribution in [0.15, 0.2) is 28.7 Å². The Kier molecular flexibility index (Phi) is 3.76. The SMILES string of the molecule is CC[C@@H](N)Cc1ccc(Br)cc1. The van der Waals surface area contributed by atoms with Gasteiger partial charge in [0.25, 0.3) is 0 Å². The van der Waals surface area contributed by atoms with Gasteiger partial charge in [-0.1, -0.05) is 35.0 Å². The summed E-state index contributed by atoms with van der Waals surface area (Å²) >= 11 is 3.40. The van der Waals surface area contributed by atoms with Crippen molar-refractivity contribution >= 4 is 15.9 Å². The zero-order chi connectivity index (χ0) is 8.97. The molecule has 2 heteroatoms. The highest BCUT2D eigenvalue weighted by atomic mass is 79.9. The molecular weight excluding hydrogens is 214 g/mol. The molecule has 1 nitrogen and oxygen atoms in total. The van der Waals surface area contributed by atoms with Crippen LogP contribution < -0.4 is 5.73 Å². The van der Waals surface area contributed by atoms with Crippen molar-refractivity contribution in [3.05, 3.63) is 34.3 Å². The van der Waals surface area contributed by atoms with Crippen molar-refractivity contribution in [2.45, 2.75) is 25.8 Å². The number of nitrogens with two attached hydrogens (primary N) is 1. The third-order valence-electron chi connectivity index (χ3n) is 1.94. The van der Waals surface area contributed by atoms with E-state index in [1.54, 1.807) is 0 Å². The Labute approximate surface area is 82.1 Å². The number of hydrogen-bond acceptors (Lipinski definition) is 1. The van der Waals surface area contributed by atoms with E-state index in [2.05, 4.69) is 47.1 Å². The van der Waals surface area contributed by atoms with Crippen molar-refractivity contribution in [2.75, 3.05) is 0 Å². The van der Waals surface area contributed by atoms with E-state index in [1.165, 1.54) is 5.56 Å². The van der Waals surface area contributed by atoms with Gasteiger partial charge in [-0.15, -0.1) is 0 Å².